The van der Waals surface area contributed by atoms with E-state index in [1.165, 1.54) is 0 Å². The molecule has 2 saturated heterocycles. The minimum absolute atomic E-state index is 0.0167. The molecule has 4 aliphatic rings. The zero-order valence-electron chi connectivity index (χ0n) is 23.0. The Morgan fingerprint density at radius 3 is 2.57 bits per heavy atom. The molecule has 1 N–H and O–H groups in total. The van der Waals surface area contributed by atoms with Gasteiger partial charge in [0.2, 0.25) is 11.8 Å². The predicted molar refractivity (Wildman–Crippen MR) is 153 cm³/mol. The van der Waals surface area contributed by atoms with Gasteiger partial charge in [0.05, 0.1) is 23.5 Å². The van der Waals surface area contributed by atoms with Crippen molar-refractivity contribution >= 4 is 34.4 Å². The summed E-state index contributed by atoms with van der Waals surface area (Å²) in [7, 11) is 0. The Morgan fingerprint density at radius 1 is 0.929 bits per heavy atom. The molecule has 2 aromatic carbocycles. The molecule has 3 amide bonds. The van der Waals surface area contributed by atoms with E-state index in [2.05, 4.69) is 10.3 Å². The number of likely N-dealkylation sites (tertiary alicyclic amines) is 1. The van der Waals surface area contributed by atoms with Gasteiger partial charge in [0, 0.05) is 31.9 Å². The van der Waals surface area contributed by atoms with Crippen LogP contribution < -0.4 is 4.90 Å². The van der Waals surface area contributed by atoms with E-state index >= 15 is 0 Å². The van der Waals surface area contributed by atoms with Crippen LogP contribution in [0, 0.1) is 11.8 Å². The van der Waals surface area contributed by atoms with Gasteiger partial charge in [0.25, 0.3) is 5.91 Å². The summed E-state index contributed by atoms with van der Waals surface area (Å²) in [6.07, 6.45) is 7.82. The fourth-order valence-corrected chi connectivity index (χ4v) is 6.97. The molecule has 11 nitrogen and oxygen atoms in total. The molecule has 0 saturated carbocycles. The molecule has 1 aromatic heterocycles. The van der Waals surface area contributed by atoms with Crippen molar-refractivity contribution in [2.45, 2.75) is 37.3 Å². The third kappa shape index (κ3) is 4.06. The standard InChI is InChI=1S/C31H32N6O5/c38-19-7-6-17-36-27-30(41)34(20-37-23-13-5-4-12-22(23)32-33-37)16-9-15-31(27)26(29(36)40)25-24(42-31)14-8-18-35(28(25)39)21-10-2-1-3-11-21/h1-5,8-15,24-27,38H,6-7,16-20H2/t24-,25+,26+,27?,31+/m1/s1. The quantitative estimate of drug-likeness (QED) is 0.341. The largest absolute Gasteiger partial charge is 0.396 e. The summed E-state index contributed by atoms with van der Waals surface area (Å²) in [5, 5.41) is 17.9. The molecule has 42 heavy (non-hydrogen) atoms. The number of hydrogen-bond donors (Lipinski definition) is 1. The molecule has 7 rings (SSSR count). The normalized spacial score (nSPS) is 28.7. The molecule has 5 atom stereocenters. The second-order valence-corrected chi connectivity index (χ2v) is 11.2. The number of ether oxygens (including phenoxy) is 1. The van der Waals surface area contributed by atoms with E-state index in [0.717, 1.165) is 16.7 Å². The highest BCUT2D eigenvalue weighted by molar-refractivity contribution is 6.03. The Morgan fingerprint density at radius 2 is 1.74 bits per heavy atom. The molecule has 216 valence electrons. The van der Waals surface area contributed by atoms with Crippen LogP contribution in [0.2, 0.25) is 0 Å². The zero-order valence-corrected chi connectivity index (χ0v) is 23.0. The van der Waals surface area contributed by atoms with E-state index in [0.29, 0.717) is 19.4 Å². The van der Waals surface area contributed by atoms with E-state index < -0.39 is 29.6 Å². The first-order chi connectivity index (χ1) is 20.5. The molecular weight excluding hydrogens is 536 g/mol. The smallest absolute Gasteiger partial charge is 0.250 e. The highest BCUT2D eigenvalue weighted by atomic mass is 16.5. The summed E-state index contributed by atoms with van der Waals surface area (Å²) < 4.78 is 8.38. The number of fused-ring (bicyclic) bond motifs is 3. The molecule has 11 heteroatoms. The van der Waals surface area contributed by atoms with Gasteiger partial charge in [-0.05, 0) is 37.1 Å². The van der Waals surface area contributed by atoms with Gasteiger partial charge in [-0.3, -0.25) is 14.4 Å². The van der Waals surface area contributed by atoms with Gasteiger partial charge in [-0.25, -0.2) is 4.68 Å². The third-order valence-corrected chi connectivity index (χ3v) is 8.84. The number of aliphatic hydroxyl groups is 1. The zero-order chi connectivity index (χ0) is 28.8. The number of para-hydroxylation sites is 2. The maximum atomic E-state index is 14.4. The molecule has 4 aliphatic heterocycles. The number of nitrogens with zero attached hydrogens (tertiary/aromatic N) is 6. The topological polar surface area (TPSA) is 121 Å². The summed E-state index contributed by atoms with van der Waals surface area (Å²) in [5.74, 6) is -2.39. The van der Waals surface area contributed by atoms with Crippen molar-refractivity contribution in [2.24, 2.45) is 11.8 Å². The molecule has 1 spiro atoms. The van der Waals surface area contributed by atoms with Gasteiger partial charge < -0.3 is 24.5 Å². The van der Waals surface area contributed by atoms with Gasteiger partial charge in [-0.1, -0.05) is 59.8 Å². The van der Waals surface area contributed by atoms with Gasteiger partial charge in [0.1, 0.15) is 23.8 Å². The summed E-state index contributed by atoms with van der Waals surface area (Å²) in [5.41, 5.74) is 0.960. The Kier molecular flexibility index (Phi) is 6.63. The summed E-state index contributed by atoms with van der Waals surface area (Å²) in [6, 6.07) is 16.0. The lowest BCUT2D eigenvalue weighted by Crippen LogP contribution is -2.55. The van der Waals surface area contributed by atoms with Gasteiger partial charge in [-0.2, -0.15) is 0 Å². The lowest BCUT2D eigenvalue weighted by molar-refractivity contribution is -0.148. The molecular formula is C31H32N6O5. The first-order valence-electron chi connectivity index (χ1n) is 14.4. The minimum Gasteiger partial charge on any atom is -0.396 e. The maximum Gasteiger partial charge on any atom is 0.250 e. The number of amides is 3. The van der Waals surface area contributed by atoms with Crippen molar-refractivity contribution in [3.8, 4) is 0 Å². The van der Waals surface area contributed by atoms with E-state index in [-0.39, 0.29) is 44.1 Å². The van der Waals surface area contributed by atoms with E-state index in [9.17, 15) is 19.5 Å². The SMILES string of the molecule is O=C1C2N(CCCCO)C(=O)[C@@H]3[C@H]4C(=O)N(c5ccccc5)CC=C[C@H]4O[C@]23C=CCN1Cn1nnc2ccccc21. The minimum atomic E-state index is -1.30. The van der Waals surface area contributed by atoms with E-state index in [1.807, 2.05) is 78.9 Å². The lowest BCUT2D eigenvalue weighted by atomic mass is 9.77. The first kappa shape index (κ1) is 26.5. The predicted octanol–water partition coefficient (Wildman–Crippen LogP) is 1.74. The maximum absolute atomic E-state index is 14.4. The Bertz CT molecular complexity index is 1590. The summed E-state index contributed by atoms with van der Waals surface area (Å²) in [4.78, 5) is 47.9. The number of carbonyl (C=O) groups is 3. The van der Waals surface area contributed by atoms with Crippen LogP contribution in [0.15, 0.2) is 78.9 Å². The molecule has 2 fully saturated rings. The van der Waals surface area contributed by atoms with Crippen molar-refractivity contribution in [1.29, 1.82) is 0 Å². The number of aromatic nitrogens is 3. The van der Waals surface area contributed by atoms with Crippen molar-refractivity contribution in [3.63, 3.8) is 0 Å². The van der Waals surface area contributed by atoms with E-state index in [1.54, 1.807) is 19.4 Å². The number of anilines is 1. The monoisotopic (exact) mass is 568 g/mol. The van der Waals surface area contributed by atoms with Gasteiger partial charge in [0.15, 0.2) is 0 Å². The number of aliphatic hydroxyl groups excluding tert-OH is 1. The van der Waals surface area contributed by atoms with Crippen LogP contribution in [-0.4, -0.2) is 91.6 Å². The van der Waals surface area contributed by atoms with E-state index in [4.69, 9.17) is 4.74 Å². The fraction of sp³-hybridized carbons (Fsp3) is 0.387. The Labute approximate surface area is 242 Å². The van der Waals surface area contributed by atoms with Crippen LogP contribution >= 0.6 is 0 Å². The first-order valence-corrected chi connectivity index (χ1v) is 14.4. The number of unbranched alkanes of at least 4 members (excludes halogenated alkanes) is 1. The van der Waals surface area contributed by atoms with Crippen LogP contribution in [0.25, 0.3) is 11.0 Å². The summed E-state index contributed by atoms with van der Waals surface area (Å²) in [6.45, 7) is 1.06. The van der Waals surface area contributed by atoms with Crippen LogP contribution in [0.3, 0.4) is 0 Å². The number of benzene rings is 2. The van der Waals surface area contributed by atoms with Crippen molar-refractivity contribution in [1.82, 2.24) is 24.8 Å². The average molecular weight is 569 g/mol. The number of hydrogen-bond acceptors (Lipinski definition) is 7. The Hall–Kier alpha value is -4.35. The lowest BCUT2D eigenvalue weighted by Gasteiger charge is -2.35. The fourth-order valence-electron chi connectivity index (χ4n) is 6.97. The number of rotatable bonds is 7. The second-order valence-electron chi connectivity index (χ2n) is 11.2. The third-order valence-electron chi connectivity index (χ3n) is 8.84. The van der Waals surface area contributed by atoms with Gasteiger partial charge >= 0.3 is 0 Å². The summed E-state index contributed by atoms with van der Waals surface area (Å²) >= 11 is 0. The molecule has 0 bridgehead atoms. The van der Waals surface area contributed by atoms with Crippen LogP contribution in [-0.2, 0) is 25.8 Å². The molecule has 0 radical (unpaired) electrons. The highest BCUT2D eigenvalue weighted by Crippen LogP contribution is 2.53. The highest BCUT2D eigenvalue weighted by Gasteiger charge is 2.71. The molecule has 5 heterocycles. The van der Waals surface area contributed by atoms with Crippen molar-refractivity contribution < 1.29 is 24.2 Å². The number of carbonyl (C=O) groups excluding carboxylic acids is 3. The van der Waals surface area contributed by atoms with Crippen molar-refractivity contribution in [3.05, 3.63) is 78.9 Å². The van der Waals surface area contributed by atoms with Crippen LogP contribution in [0.1, 0.15) is 12.8 Å². The Balaban J connectivity index is 1.26. The molecule has 1 unspecified atom stereocenters. The van der Waals surface area contributed by atoms with Crippen LogP contribution in [0.4, 0.5) is 5.69 Å². The average Bonchev–Trinajstić information content (AvgIpc) is 3.56. The van der Waals surface area contributed by atoms with Crippen molar-refractivity contribution in [2.75, 3.05) is 31.1 Å². The molecule has 0 aliphatic carbocycles. The molecule has 3 aromatic rings. The second kappa shape index (κ2) is 10.5. The van der Waals surface area contributed by atoms with Gasteiger partial charge in [-0.15, -0.1) is 5.10 Å². The van der Waals surface area contributed by atoms with Crippen LogP contribution in [0.5, 0.6) is 0 Å².